The molecule has 0 heterocycles. The Balaban J connectivity index is 2.01. The third-order valence-corrected chi connectivity index (χ3v) is 4.26. The number of hydrogen-bond donors (Lipinski definition) is 1. The summed E-state index contributed by atoms with van der Waals surface area (Å²) in [7, 11) is 0. The van der Waals surface area contributed by atoms with Crippen LogP contribution in [0.5, 0.6) is 0 Å². The topological polar surface area (TPSA) is 29.1 Å². The molecule has 0 saturated heterocycles. The molecule has 2 rings (SSSR count). The normalized spacial score (nSPS) is 12.8. The zero-order valence-corrected chi connectivity index (χ0v) is 15.2. The van der Waals surface area contributed by atoms with E-state index in [0.717, 1.165) is 5.56 Å². The van der Waals surface area contributed by atoms with Crippen molar-refractivity contribution in [2.24, 2.45) is 0 Å². The van der Waals surface area contributed by atoms with Gasteiger partial charge in [-0.3, -0.25) is 4.79 Å². The lowest BCUT2D eigenvalue weighted by molar-refractivity contribution is -0.121. The van der Waals surface area contributed by atoms with Crippen molar-refractivity contribution < 1.29 is 9.18 Å². The number of benzene rings is 2. The van der Waals surface area contributed by atoms with Crippen molar-refractivity contribution in [2.45, 2.75) is 45.6 Å². The number of carbonyl (C=O) groups is 1. The van der Waals surface area contributed by atoms with Crippen LogP contribution in [0.4, 0.5) is 4.39 Å². The summed E-state index contributed by atoms with van der Waals surface area (Å²) in [6.45, 7) is 8.40. The molecule has 0 aliphatic carbocycles. The van der Waals surface area contributed by atoms with Gasteiger partial charge in [-0.15, -0.1) is 0 Å². The molecule has 2 aromatic carbocycles. The third-order valence-electron chi connectivity index (χ3n) is 4.02. The molecule has 0 radical (unpaired) electrons. The maximum atomic E-state index is 13.8. The van der Waals surface area contributed by atoms with Crippen molar-refractivity contribution in [3.8, 4) is 0 Å². The van der Waals surface area contributed by atoms with Gasteiger partial charge >= 0.3 is 0 Å². The first-order valence-electron chi connectivity index (χ1n) is 8.00. The molecule has 0 fully saturated rings. The van der Waals surface area contributed by atoms with Crippen LogP contribution in [0, 0.1) is 5.82 Å². The molecule has 0 saturated carbocycles. The van der Waals surface area contributed by atoms with Gasteiger partial charge in [-0.25, -0.2) is 4.39 Å². The summed E-state index contributed by atoms with van der Waals surface area (Å²) in [5, 5.41) is 3.23. The molecule has 1 unspecified atom stereocenters. The Morgan fingerprint density at radius 2 is 1.79 bits per heavy atom. The molecule has 24 heavy (non-hydrogen) atoms. The smallest absolute Gasteiger partial charge is 0.225 e. The maximum Gasteiger partial charge on any atom is 0.225 e. The Kier molecular flexibility index (Phi) is 5.66. The van der Waals surface area contributed by atoms with E-state index in [0.29, 0.717) is 10.6 Å². The zero-order valence-electron chi connectivity index (χ0n) is 14.5. The van der Waals surface area contributed by atoms with Gasteiger partial charge in [0.1, 0.15) is 5.82 Å². The summed E-state index contributed by atoms with van der Waals surface area (Å²) in [6.07, 6.45) is -0.00653. The molecule has 128 valence electrons. The average molecular weight is 348 g/mol. The minimum absolute atomic E-state index is 0.00653. The Labute approximate surface area is 148 Å². The molecule has 1 N–H and O–H groups in total. The Hall–Kier alpha value is -1.87. The first kappa shape index (κ1) is 18.5. The quantitative estimate of drug-likeness (QED) is 0.809. The molecule has 1 amide bonds. The molecule has 0 aliphatic rings. The van der Waals surface area contributed by atoms with E-state index in [1.807, 2.05) is 19.1 Å². The van der Waals surface area contributed by atoms with Crippen molar-refractivity contribution in [1.82, 2.24) is 5.32 Å². The first-order chi connectivity index (χ1) is 11.2. The fourth-order valence-corrected chi connectivity index (χ4v) is 2.64. The highest BCUT2D eigenvalue weighted by Crippen LogP contribution is 2.24. The van der Waals surface area contributed by atoms with Gasteiger partial charge in [0.15, 0.2) is 0 Å². The number of rotatable bonds is 4. The van der Waals surface area contributed by atoms with E-state index in [4.69, 9.17) is 11.6 Å². The minimum Gasteiger partial charge on any atom is -0.349 e. The van der Waals surface area contributed by atoms with Crippen LogP contribution in [-0.2, 0) is 16.6 Å². The zero-order chi connectivity index (χ0) is 17.9. The fourth-order valence-electron chi connectivity index (χ4n) is 2.49. The predicted molar refractivity (Wildman–Crippen MR) is 96.8 cm³/mol. The number of amides is 1. The average Bonchev–Trinajstić information content (AvgIpc) is 2.49. The third kappa shape index (κ3) is 4.81. The summed E-state index contributed by atoms with van der Waals surface area (Å²) in [5.74, 6) is -0.677. The number of carbonyl (C=O) groups excluding carboxylic acids is 1. The van der Waals surface area contributed by atoms with Crippen molar-refractivity contribution in [3.63, 3.8) is 0 Å². The molecule has 0 spiro atoms. The highest BCUT2D eigenvalue weighted by molar-refractivity contribution is 6.30. The van der Waals surface area contributed by atoms with Gasteiger partial charge in [0.05, 0.1) is 12.5 Å². The standard InChI is InChI=1S/C20H23ClFNO/c1-13(14-5-8-16(9-6-14)20(2,3)4)23-19(24)11-15-7-10-17(21)12-18(15)22/h5-10,12-13H,11H2,1-4H3,(H,23,24). The van der Waals surface area contributed by atoms with Gasteiger partial charge in [-0.1, -0.05) is 62.7 Å². The molecule has 1 atom stereocenters. The molecular formula is C20H23ClFNO. The maximum absolute atomic E-state index is 13.8. The fraction of sp³-hybridized carbons (Fsp3) is 0.350. The van der Waals surface area contributed by atoms with E-state index >= 15 is 0 Å². The van der Waals surface area contributed by atoms with Crippen molar-refractivity contribution >= 4 is 17.5 Å². The number of nitrogens with one attached hydrogen (secondary N) is 1. The highest BCUT2D eigenvalue weighted by Gasteiger charge is 2.15. The van der Waals surface area contributed by atoms with Crippen molar-refractivity contribution in [3.05, 3.63) is 70.0 Å². The van der Waals surface area contributed by atoms with Crippen molar-refractivity contribution in [1.29, 1.82) is 0 Å². The highest BCUT2D eigenvalue weighted by atomic mass is 35.5. The van der Waals surface area contributed by atoms with Crippen LogP contribution in [0.3, 0.4) is 0 Å². The van der Waals surface area contributed by atoms with Gasteiger partial charge in [0, 0.05) is 5.02 Å². The molecule has 0 aromatic heterocycles. The second-order valence-corrected chi connectivity index (χ2v) is 7.51. The van der Waals surface area contributed by atoms with Crippen LogP contribution in [-0.4, -0.2) is 5.91 Å². The van der Waals surface area contributed by atoms with Crippen LogP contribution >= 0.6 is 11.6 Å². The number of hydrogen-bond acceptors (Lipinski definition) is 1. The minimum atomic E-state index is -0.458. The lowest BCUT2D eigenvalue weighted by Crippen LogP contribution is -2.28. The number of halogens is 2. The summed E-state index contributed by atoms with van der Waals surface area (Å²) in [6, 6.07) is 12.4. The molecule has 2 aromatic rings. The van der Waals surface area contributed by atoms with Crippen LogP contribution in [0.15, 0.2) is 42.5 Å². The molecule has 0 bridgehead atoms. The molecule has 4 heteroatoms. The van der Waals surface area contributed by atoms with Gasteiger partial charge < -0.3 is 5.32 Å². The predicted octanol–water partition coefficient (Wildman–Crippen LogP) is 5.20. The van der Waals surface area contributed by atoms with E-state index in [1.54, 1.807) is 12.1 Å². The van der Waals surface area contributed by atoms with E-state index in [1.165, 1.54) is 11.6 Å². The van der Waals surface area contributed by atoms with Crippen LogP contribution in [0.25, 0.3) is 0 Å². The Morgan fingerprint density at radius 1 is 1.17 bits per heavy atom. The van der Waals surface area contributed by atoms with Crippen LogP contribution in [0.1, 0.15) is 50.4 Å². The van der Waals surface area contributed by atoms with E-state index in [-0.39, 0.29) is 23.8 Å². The van der Waals surface area contributed by atoms with Gasteiger partial charge in [-0.05, 0) is 41.2 Å². The summed E-state index contributed by atoms with van der Waals surface area (Å²) >= 11 is 5.72. The monoisotopic (exact) mass is 347 g/mol. The second-order valence-electron chi connectivity index (χ2n) is 7.07. The van der Waals surface area contributed by atoms with E-state index < -0.39 is 5.82 Å². The Morgan fingerprint density at radius 3 is 2.33 bits per heavy atom. The molecular weight excluding hydrogens is 325 g/mol. The summed E-state index contributed by atoms with van der Waals surface area (Å²) < 4.78 is 13.8. The lowest BCUT2D eigenvalue weighted by atomic mass is 9.86. The summed E-state index contributed by atoms with van der Waals surface area (Å²) in [4.78, 5) is 12.1. The molecule has 2 nitrogen and oxygen atoms in total. The summed E-state index contributed by atoms with van der Waals surface area (Å²) in [5.41, 5.74) is 2.70. The SMILES string of the molecule is CC(NC(=O)Cc1ccc(Cl)cc1F)c1ccc(C(C)(C)C)cc1. The van der Waals surface area contributed by atoms with Gasteiger partial charge in [-0.2, -0.15) is 0 Å². The Bertz CT molecular complexity index is 719. The van der Waals surface area contributed by atoms with Gasteiger partial charge in [0.2, 0.25) is 5.91 Å². The lowest BCUT2D eigenvalue weighted by Gasteiger charge is -2.20. The second kappa shape index (κ2) is 7.35. The van der Waals surface area contributed by atoms with Crippen LogP contribution in [0.2, 0.25) is 5.02 Å². The van der Waals surface area contributed by atoms with E-state index in [2.05, 4.69) is 38.2 Å². The first-order valence-corrected chi connectivity index (χ1v) is 8.38. The van der Waals surface area contributed by atoms with Crippen LogP contribution < -0.4 is 5.32 Å². The van der Waals surface area contributed by atoms with Crippen molar-refractivity contribution in [2.75, 3.05) is 0 Å². The van der Waals surface area contributed by atoms with E-state index in [9.17, 15) is 9.18 Å². The largest absolute Gasteiger partial charge is 0.349 e. The van der Waals surface area contributed by atoms with Gasteiger partial charge in [0.25, 0.3) is 0 Å². The molecule has 0 aliphatic heterocycles.